The van der Waals surface area contributed by atoms with Gasteiger partial charge in [0.25, 0.3) is 5.91 Å². The van der Waals surface area contributed by atoms with Crippen LogP contribution >= 0.6 is 0 Å². The maximum absolute atomic E-state index is 13.0. The second kappa shape index (κ2) is 4.34. The number of H-pyrrole nitrogens is 1. The van der Waals surface area contributed by atoms with Crippen LogP contribution < -0.4 is 0 Å². The van der Waals surface area contributed by atoms with Gasteiger partial charge in [-0.05, 0) is 50.3 Å². The minimum absolute atomic E-state index is 0.0352. The molecule has 2 saturated heterocycles. The predicted molar refractivity (Wildman–Crippen MR) is 93.3 cm³/mol. The van der Waals surface area contributed by atoms with Gasteiger partial charge in [-0.2, -0.15) is 0 Å². The molecule has 1 aromatic carbocycles. The van der Waals surface area contributed by atoms with E-state index in [-0.39, 0.29) is 34.9 Å². The van der Waals surface area contributed by atoms with Crippen molar-refractivity contribution in [3.8, 4) is 0 Å². The molecule has 0 bridgehead atoms. The van der Waals surface area contributed by atoms with Crippen LogP contribution in [0.2, 0.25) is 0 Å². The van der Waals surface area contributed by atoms with Crippen molar-refractivity contribution in [2.75, 3.05) is 0 Å². The van der Waals surface area contributed by atoms with E-state index in [0.29, 0.717) is 0 Å². The number of allylic oxidation sites excluding steroid dienone is 1. The van der Waals surface area contributed by atoms with Gasteiger partial charge in [-0.1, -0.05) is 12.1 Å². The first-order valence-corrected chi connectivity index (χ1v) is 8.70. The fraction of sp³-hybridized carbons (Fsp3) is 0.400. The number of nitrogens with one attached hydrogen (secondary N) is 1. The molecule has 0 radical (unpaired) electrons. The number of ketones is 1. The molecule has 0 saturated carbocycles. The number of Topliss-reactive ketones (excluding diaryl/α,β-unsaturated/α-hetero) is 1. The molecule has 0 spiro atoms. The molecule has 1 aromatic heterocycles. The summed E-state index contributed by atoms with van der Waals surface area (Å²) < 4.78 is 0. The minimum atomic E-state index is -0.517. The number of fused-ring (bicyclic) bond motifs is 4. The number of amides is 1. The van der Waals surface area contributed by atoms with Gasteiger partial charge in [0, 0.05) is 28.6 Å². The summed E-state index contributed by atoms with van der Waals surface area (Å²) >= 11 is 0. The summed E-state index contributed by atoms with van der Waals surface area (Å²) in [5, 5.41) is 11.1. The number of carbonyl (C=O) groups excluding carboxylic acids is 2. The maximum atomic E-state index is 13.0. The number of benzene rings is 1. The Kier molecular flexibility index (Phi) is 2.56. The third-order valence-corrected chi connectivity index (χ3v) is 6.51. The van der Waals surface area contributed by atoms with E-state index in [1.165, 1.54) is 17.9 Å². The Morgan fingerprint density at radius 2 is 2.08 bits per heavy atom. The van der Waals surface area contributed by atoms with Gasteiger partial charge in [0.05, 0.1) is 0 Å². The predicted octanol–water partition coefficient (Wildman–Crippen LogP) is 2.83. The highest BCUT2D eigenvalue weighted by atomic mass is 16.3. The molecule has 2 N–H and O–H groups in total. The Balaban J connectivity index is 1.78. The zero-order valence-corrected chi connectivity index (χ0v) is 14.5. The Morgan fingerprint density at radius 3 is 2.80 bits per heavy atom. The molecule has 3 heterocycles. The Labute approximate surface area is 145 Å². The van der Waals surface area contributed by atoms with Crippen molar-refractivity contribution in [2.45, 2.75) is 44.7 Å². The lowest BCUT2D eigenvalue weighted by molar-refractivity contribution is -0.130. The van der Waals surface area contributed by atoms with Crippen LogP contribution in [0.5, 0.6) is 0 Å². The largest absolute Gasteiger partial charge is 0.512 e. The van der Waals surface area contributed by atoms with E-state index in [9.17, 15) is 14.7 Å². The second-order valence-corrected chi connectivity index (χ2v) is 8.02. The number of aliphatic hydroxyl groups excluding tert-OH is 1. The van der Waals surface area contributed by atoms with Gasteiger partial charge in [-0.3, -0.25) is 9.59 Å². The molecule has 2 aromatic rings. The molecule has 2 aliphatic heterocycles. The van der Waals surface area contributed by atoms with Crippen LogP contribution in [0.25, 0.3) is 10.9 Å². The minimum Gasteiger partial charge on any atom is -0.512 e. The highest BCUT2D eigenvalue weighted by molar-refractivity contribution is 6.27. The Hall–Kier alpha value is -2.56. The molecule has 0 unspecified atom stereocenters. The molecule has 128 valence electrons. The maximum Gasteiger partial charge on any atom is 0.262 e. The zero-order chi connectivity index (χ0) is 17.7. The van der Waals surface area contributed by atoms with Crippen LogP contribution in [-0.4, -0.2) is 38.3 Å². The van der Waals surface area contributed by atoms with Crippen LogP contribution in [0.1, 0.15) is 37.8 Å². The van der Waals surface area contributed by atoms with Crippen molar-refractivity contribution in [2.24, 2.45) is 5.92 Å². The summed E-state index contributed by atoms with van der Waals surface area (Å²) in [5.41, 5.74) is 2.99. The van der Waals surface area contributed by atoms with Crippen molar-refractivity contribution in [3.05, 3.63) is 46.9 Å². The van der Waals surface area contributed by atoms with Crippen LogP contribution in [-0.2, 0) is 16.0 Å². The van der Waals surface area contributed by atoms with Gasteiger partial charge in [0.15, 0.2) is 5.78 Å². The standard InChI is InChI=1S/C20H20N2O3/c1-9(23)14-18(24)17-16-11-8-21-13-6-4-5-10(15(11)13)7-12(16)20(2,3)22(17)19(14)25/h4-6,8,12,16-17,21,23H,7H2,1-3H3/b14-9-/t12-,16-,17-/m0/s1. The second-order valence-electron chi connectivity index (χ2n) is 8.02. The zero-order valence-electron chi connectivity index (χ0n) is 14.5. The average Bonchev–Trinajstić information content (AvgIpc) is 3.14. The number of aliphatic hydroxyl groups is 1. The van der Waals surface area contributed by atoms with Crippen molar-refractivity contribution >= 4 is 22.6 Å². The molecule has 3 aliphatic rings. The van der Waals surface area contributed by atoms with Crippen molar-refractivity contribution in [1.29, 1.82) is 0 Å². The molecule has 3 atom stereocenters. The van der Waals surface area contributed by atoms with E-state index in [1.807, 2.05) is 32.2 Å². The lowest BCUT2D eigenvalue weighted by Crippen LogP contribution is -2.46. The molecule has 5 rings (SSSR count). The summed E-state index contributed by atoms with van der Waals surface area (Å²) in [6.45, 7) is 5.51. The van der Waals surface area contributed by atoms with E-state index in [4.69, 9.17) is 0 Å². The normalized spacial score (nSPS) is 31.5. The van der Waals surface area contributed by atoms with Crippen LogP contribution in [0, 0.1) is 5.92 Å². The summed E-state index contributed by atoms with van der Waals surface area (Å²) in [7, 11) is 0. The van der Waals surface area contributed by atoms with E-state index >= 15 is 0 Å². The first kappa shape index (κ1) is 14.8. The van der Waals surface area contributed by atoms with Crippen molar-refractivity contribution in [3.63, 3.8) is 0 Å². The number of aromatic nitrogens is 1. The smallest absolute Gasteiger partial charge is 0.262 e. The molecule has 5 heteroatoms. The molecule has 5 nitrogen and oxygen atoms in total. The van der Waals surface area contributed by atoms with Crippen molar-refractivity contribution < 1.29 is 14.7 Å². The average molecular weight is 336 g/mol. The summed E-state index contributed by atoms with van der Waals surface area (Å²) in [6, 6.07) is 5.72. The number of rotatable bonds is 0. The summed E-state index contributed by atoms with van der Waals surface area (Å²) in [4.78, 5) is 31.0. The van der Waals surface area contributed by atoms with Crippen LogP contribution in [0.15, 0.2) is 35.7 Å². The third kappa shape index (κ3) is 1.54. The lowest BCUT2D eigenvalue weighted by atomic mass is 9.69. The number of carbonyl (C=O) groups is 2. The first-order valence-electron chi connectivity index (χ1n) is 8.70. The molecule has 25 heavy (non-hydrogen) atoms. The molecule has 1 aliphatic carbocycles. The number of nitrogens with zero attached hydrogens (tertiary/aromatic N) is 1. The third-order valence-electron chi connectivity index (χ3n) is 6.51. The van der Waals surface area contributed by atoms with Crippen molar-refractivity contribution in [1.82, 2.24) is 9.88 Å². The Bertz CT molecular complexity index is 994. The molecule has 2 fully saturated rings. The van der Waals surface area contributed by atoms with Gasteiger partial charge in [-0.25, -0.2) is 0 Å². The van der Waals surface area contributed by atoms with Crippen LogP contribution in [0.4, 0.5) is 0 Å². The van der Waals surface area contributed by atoms with E-state index in [2.05, 4.69) is 11.1 Å². The van der Waals surface area contributed by atoms with Gasteiger partial charge >= 0.3 is 0 Å². The quantitative estimate of drug-likeness (QED) is 0.441. The number of hydrogen-bond donors (Lipinski definition) is 2. The molecule has 1 amide bonds. The van der Waals surface area contributed by atoms with Gasteiger partial charge in [0.1, 0.15) is 17.4 Å². The van der Waals surface area contributed by atoms with Gasteiger partial charge in [-0.15, -0.1) is 0 Å². The number of hydrogen-bond acceptors (Lipinski definition) is 3. The Morgan fingerprint density at radius 1 is 1.32 bits per heavy atom. The summed E-state index contributed by atoms with van der Waals surface area (Å²) in [6.07, 6.45) is 2.85. The first-order chi connectivity index (χ1) is 11.8. The van der Waals surface area contributed by atoms with E-state index in [0.717, 1.165) is 17.5 Å². The molecular weight excluding hydrogens is 316 g/mol. The topological polar surface area (TPSA) is 73.4 Å². The SMILES string of the molecule is C/C(O)=C1\C(=O)[C@@H]2[C@H]3c4c[nH]c5cccc(c45)C[C@@H]3C(C)(C)N2C1=O. The highest BCUT2D eigenvalue weighted by Gasteiger charge is 2.64. The van der Waals surface area contributed by atoms with Gasteiger partial charge < -0.3 is 15.0 Å². The highest BCUT2D eigenvalue weighted by Crippen LogP contribution is 2.57. The van der Waals surface area contributed by atoms with Crippen LogP contribution in [0.3, 0.4) is 0 Å². The summed E-state index contributed by atoms with van der Waals surface area (Å²) in [5.74, 6) is -0.594. The van der Waals surface area contributed by atoms with Gasteiger partial charge in [0.2, 0.25) is 0 Å². The fourth-order valence-electron chi connectivity index (χ4n) is 5.45. The van der Waals surface area contributed by atoms with E-state index < -0.39 is 11.6 Å². The fourth-order valence-corrected chi connectivity index (χ4v) is 5.45. The monoisotopic (exact) mass is 336 g/mol. The lowest BCUT2D eigenvalue weighted by Gasteiger charge is -2.37. The van der Waals surface area contributed by atoms with E-state index in [1.54, 1.807) is 4.90 Å². The number of aromatic amines is 1. The molecular formula is C20H20N2O3.